The van der Waals surface area contributed by atoms with Crippen LogP contribution < -0.4 is 0 Å². The van der Waals surface area contributed by atoms with Gasteiger partial charge in [0.15, 0.2) is 0 Å². The first kappa shape index (κ1) is 16.5. The summed E-state index contributed by atoms with van der Waals surface area (Å²) in [5.41, 5.74) is 5.19. The maximum absolute atomic E-state index is 5.64. The van der Waals surface area contributed by atoms with E-state index in [4.69, 9.17) is 4.74 Å². The number of hydrogen-bond donors (Lipinski definition) is 0. The second kappa shape index (κ2) is 9.22. The van der Waals surface area contributed by atoms with Crippen LogP contribution in [0.4, 0.5) is 0 Å². The normalized spacial score (nSPS) is 10.6. The molecule has 0 aliphatic carbocycles. The van der Waals surface area contributed by atoms with Crippen molar-refractivity contribution in [1.29, 1.82) is 0 Å². The van der Waals surface area contributed by atoms with Gasteiger partial charge in [0.05, 0.1) is 6.61 Å². The quantitative estimate of drug-likeness (QED) is 0.560. The van der Waals surface area contributed by atoms with Crippen LogP contribution in [0.2, 0.25) is 0 Å². The van der Waals surface area contributed by atoms with Crippen molar-refractivity contribution in [3.63, 3.8) is 0 Å². The van der Waals surface area contributed by atoms with E-state index in [2.05, 4.69) is 62.0 Å². The van der Waals surface area contributed by atoms with Gasteiger partial charge in [-0.1, -0.05) is 74.5 Å². The fraction of sp³-hybridized carbons (Fsp3) is 0.333. The summed E-state index contributed by atoms with van der Waals surface area (Å²) in [6.07, 6.45) is 6.36. The molecule has 0 N–H and O–H groups in total. The number of hydrogen-bond acceptors (Lipinski definition) is 1. The first-order chi connectivity index (χ1) is 10.8. The Morgan fingerprint density at radius 1 is 0.864 bits per heavy atom. The van der Waals surface area contributed by atoms with Crippen LogP contribution >= 0.6 is 0 Å². The highest BCUT2D eigenvalue weighted by Gasteiger charge is 1.98. The zero-order chi connectivity index (χ0) is 15.6. The van der Waals surface area contributed by atoms with E-state index in [-0.39, 0.29) is 0 Å². The lowest BCUT2D eigenvalue weighted by Crippen LogP contribution is -1.96. The van der Waals surface area contributed by atoms with E-state index >= 15 is 0 Å². The lowest BCUT2D eigenvalue weighted by Gasteiger charge is -2.06. The van der Waals surface area contributed by atoms with Crippen LogP contribution in [-0.4, -0.2) is 6.61 Å². The van der Waals surface area contributed by atoms with Crippen LogP contribution in [-0.2, 0) is 24.2 Å². The minimum Gasteiger partial charge on any atom is -0.377 e. The highest BCUT2D eigenvalue weighted by atomic mass is 16.5. The third kappa shape index (κ3) is 5.50. The van der Waals surface area contributed by atoms with Gasteiger partial charge in [-0.15, -0.1) is 0 Å². The lowest BCUT2D eigenvalue weighted by atomic mass is 10.0. The topological polar surface area (TPSA) is 9.23 Å². The maximum atomic E-state index is 5.64. The Balaban J connectivity index is 1.79. The van der Waals surface area contributed by atoms with E-state index in [9.17, 15) is 0 Å². The van der Waals surface area contributed by atoms with Gasteiger partial charge in [-0.25, -0.2) is 0 Å². The van der Waals surface area contributed by atoms with Gasteiger partial charge >= 0.3 is 0 Å². The summed E-state index contributed by atoms with van der Waals surface area (Å²) in [5, 5.41) is 0. The van der Waals surface area contributed by atoms with E-state index in [1.165, 1.54) is 28.7 Å². The van der Waals surface area contributed by atoms with E-state index in [0.29, 0.717) is 0 Å². The summed E-state index contributed by atoms with van der Waals surface area (Å²) in [5.74, 6) is 0. The molecule has 0 aliphatic rings. The van der Waals surface area contributed by atoms with Gasteiger partial charge in [-0.2, -0.15) is 0 Å². The predicted octanol–water partition coefficient (Wildman–Crippen LogP) is 5.43. The predicted molar refractivity (Wildman–Crippen MR) is 94.9 cm³/mol. The molecular formula is C21H26O. The summed E-state index contributed by atoms with van der Waals surface area (Å²) >= 11 is 0. The highest BCUT2D eigenvalue weighted by molar-refractivity contribution is 5.47. The Morgan fingerprint density at radius 3 is 1.95 bits per heavy atom. The Kier molecular flexibility index (Phi) is 6.92. The third-order valence-electron chi connectivity index (χ3n) is 3.85. The van der Waals surface area contributed by atoms with Crippen molar-refractivity contribution in [3.05, 3.63) is 77.4 Å². The van der Waals surface area contributed by atoms with Crippen LogP contribution in [0.25, 0.3) is 6.08 Å². The molecule has 1 heteroatoms. The Morgan fingerprint density at radius 2 is 1.41 bits per heavy atom. The monoisotopic (exact) mass is 294 g/mol. The van der Waals surface area contributed by atoms with Crippen molar-refractivity contribution < 1.29 is 4.74 Å². The number of rotatable bonds is 9. The third-order valence-corrected chi connectivity index (χ3v) is 3.85. The maximum Gasteiger partial charge on any atom is 0.0716 e. The molecule has 116 valence electrons. The Labute approximate surface area is 134 Å². The Hall–Kier alpha value is -1.86. The van der Waals surface area contributed by atoms with Gasteiger partial charge in [-0.3, -0.25) is 0 Å². The molecule has 0 aliphatic heterocycles. The SMILES string of the molecule is C=Cc1ccc(CCc2ccc(COCCCC)cc2)cc1. The molecule has 22 heavy (non-hydrogen) atoms. The van der Waals surface area contributed by atoms with Gasteiger partial charge in [0.1, 0.15) is 0 Å². The fourth-order valence-corrected chi connectivity index (χ4v) is 2.35. The minimum absolute atomic E-state index is 0.725. The van der Waals surface area contributed by atoms with Crippen LogP contribution in [0.5, 0.6) is 0 Å². The minimum atomic E-state index is 0.725. The van der Waals surface area contributed by atoms with E-state index in [1.54, 1.807) is 0 Å². The molecule has 0 saturated carbocycles. The van der Waals surface area contributed by atoms with E-state index in [0.717, 1.165) is 32.5 Å². The van der Waals surface area contributed by atoms with E-state index in [1.807, 2.05) is 6.08 Å². The summed E-state index contributed by atoms with van der Waals surface area (Å²) in [6, 6.07) is 17.4. The van der Waals surface area contributed by atoms with Crippen molar-refractivity contribution >= 4 is 6.08 Å². The molecule has 0 unspecified atom stereocenters. The van der Waals surface area contributed by atoms with E-state index < -0.39 is 0 Å². The van der Waals surface area contributed by atoms with Gasteiger partial charge in [-0.05, 0) is 41.5 Å². The van der Waals surface area contributed by atoms with Crippen molar-refractivity contribution in [2.75, 3.05) is 6.61 Å². The molecule has 0 heterocycles. The Bertz CT molecular complexity index is 551. The van der Waals surface area contributed by atoms with Crippen LogP contribution in [0.15, 0.2) is 55.1 Å². The van der Waals surface area contributed by atoms with Gasteiger partial charge < -0.3 is 4.74 Å². The molecule has 0 radical (unpaired) electrons. The second-order valence-corrected chi connectivity index (χ2v) is 5.67. The van der Waals surface area contributed by atoms with Crippen LogP contribution in [0.1, 0.15) is 42.0 Å². The molecule has 2 rings (SSSR count). The zero-order valence-corrected chi connectivity index (χ0v) is 13.6. The molecule has 0 amide bonds. The summed E-state index contributed by atoms with van der Waals surface area (Å²) in [4.78, 5) is 0. The average Bonchev–Trinajstić information content (AvgIpc) is 2.58. The number of benzene rings is 2. The van der Waals surface area contributed by atoms with Gasteiger partial charge in [0.25, 0.3) is 0 Å². The molecule has 0 saturated heterocycles. The molecule has 0 bridgehead atoms. The highest BCUT2D eigenvalue weighted by Crippen LogP contribution is 2.11. The molecular weight excluding hydrogens is 268 g/mol. The zero-order valence-electron chi connectivity index (χ0n) is 13.6. The summed E-state index contributed by atoms with van der Waals surface area (Å²) < 4.78 is 5.64. The largest absolute Gasteiger partial charge is 0.377 e. The van der Waals surface area contributed by atoms with Crippen molar-refractivity contribution in [1.82, 2.24) is 0 Å². The molecule has 2 aromatic carbocycles. The lowest BCUT2D eigenvalue weighted by molar-refractivity contribution is 0.118. The van der Waals surface area contributed by atoms with Crippen molar-refractivity contribution in [2.24, 2.45) is 0 Å². The van der Waals surface area contributed by atoms with Crippen molar-refractivity contribution in [3.8, 4) is 0 Å². The first-order valence-electron chi connectivity index (χ1n) is 8.18. The fourth-order valence-electron chi connectivity index (χ4n) is 2.35. The molecule has 0 spiro atoms. The van der Waals surface area contributed by atoms with Gasteiger partial charge in [0, 0.05) is 6.61 Å². The summed E-state index contributed by atoms with van der Waals surface area (Å²) in [7, 11) is 0. The average molecular weight is 294 g/mol. The first-order valence-corrected chi connectivity index (χ1v) is 8.18. The summed E-state index contributed by atoms with van der Waals surface area (Å²) in [6.45, 7) is 7.55. The van der Waals surface area contributed by atoms with Crippen LogP contribution in [0, 0.1) is 0 Å². The standard InChI is InChI=1S/C21H26O/c1-3-5-16-22-17-21-14-12-20(13-15-21)11-10-19-8-6-18(4-2)7-9-19/h4,6-9,12-15H,2-3,5,10-11,16-17H2,1H3. The second-order valence-electron chi connectivity index (χ2n) is 5.67. The van der Waals surface area contributed by atoms with Gasteiger partial charge in [0.2, 0.25) is 0 Å². The molecule has 1 nitrogen and oxygen atoms in total. The smallest absolute Gasteiger partial charge is 0.0716 e. The molecule has 0 atom stereocenters. The number of ether oxygens (including phenoxy) is 1. The number of unbranched alkanes of at least 4 members (excludes halogenated alkanes) is 1. The molecule has 2 aromatic rings. The molecule has 0 aromatic heterocycles. The van der Waals surface area contributed by atoms with Crippen LogP contribution in [0.3, 0.4) is 0 Å². The molecule has 0 fully saturated rings. The van der Waals surface area contributed by atoms with Crippen molar-refractivity contribution in [2.45, 2.75) is 39.2 Å². The number of aryl methyl sites for hydroxylation is 2.